The summed E-state index contributed by atoms with van der Waals surface area (Å²) in [5, 5.41) is 2.98. The van der Waals surface area contributed by atoms with Gasteiger partial charge in [0.15, 0.2) is 5.82 Å². The monoisotopic (exact) mass is 542 g/mol. The van der Waals surface area contributed by atoms with Gasteiger partial charge in [0.1, 0.15) is 5.82 Å². The van der Waals surface area contributed by atoms with E-state index in [-0.39, 0.29) is 11.7 Å². The lowest BCUT2D eigenvalue weighted by molar-refractivity contribution is -0.231. The zero-order valence-corrected chi connectivity index (χ0v) is 22.3. The number of carbonyl (C=O) groups excluding carboxylic acids is 1. The highest BCUT2D eigenvalue weighted by molar-refractivity contribution is 5.94. The molecule has 2 saturated heterocycles. The van der Waals surface area contributed by atoms with Gasteiger partial charge < -0.3 is 24.7 Å². The fraction of sp³-hybridized carbons (Fsp3) is 0.333. The highest BCUT2D eigenvalue weighted by atomic mass is 19.1. The second kappa shape index (κ2) is 11.1. The van der Waals surface area contributed by atoms with E-state index in [0.29, 0.717) is 54.2 Å². The van der Waals surface area contributed by atoms with Gasteiger partial charge in [-0.2, -0.15) is 0 Å². The molecule has 206 valence electrons. The summed E-state index contributed by atoms with van der Waals surface area (Å²) in [6.07, 6.45) is 3.25. The fourth-order valence-electron chi connectivity index (χ4n) is 4.95. The van der Waals surface area contributed by atoms with E-state index in [2.05, 4.69) is 20.2 Å². The van der Waals surface area contributed by atoms with Crippen LogP contribution in [0.25, 0.3) is 22.6 Å². The molecule has 0 radical (unpaired) electrons. The number of rotatable bonds is 7. The van der Waals surface area contributed by atoms with E-state index in [0.717, 1.165) is 31.5 Å². The number of H-pyrrole nitrogens is 1. The normalized spacial score (nSPS) is 20.9. The third-order valence-electron chi connectivity index (χ3n) is 7.23. The molecule has 2 N–H and O–H groups in total. The second-order valence-corrected chi connectivity index (χ2v) is 10.6. The number of imidazole rings is 1. The molecular formula is C30H31FN6O3. The average molecular weight is 543 g/mol. The predicted octanol–water partition coefficient (Wildman–Crippen LogP) is 4.75. The van der Waals surface area contributed by atoms with Crippen molar-refractivity contribution in [2.45, 2.75) is 26.1 Å². The summed E-state index contributed by atoms with van der Waals surface area (Å²) in [7, 11) is 0. The molecule has 9 nitrogen and oxygen atoms in total. The summed E-state index contributed by atoms with van der Waals surface area (Å²) >= 11 is 0. The fourth-order valence-corrected chi connectivity index (χ4v) is 4.95. The molecule has 0 spiro atoms. The van der Waals surface area contributed by atoms with E-state index in [1.165, 1.54) is 12.1 Å². The smallest absolute Gasteiger partial charge is 0.251 e. The third kappa shape index (κ3) is 5.59. The molecule has 2 aromatic heterocycles. The molecule has 0 unspecified atom stereocenters. The van der Waals surface area contributed by atoms with E-state index >= 15 is 0 Å². The highest BCUT2D eigenvalue weighted by Gasteiger charge is 2.35. The molecule has 1 amide bonds. The maximum atomic E-state index is 13.7. The Morgan fingerprint density at radius 2 is 1.77 bits per heavy atom. The van der Waals surface area contributed by atoms with Gasteiger partial charge in [0.25, 0.3) is 5.91 Å². The van der Waals surface area contributed by atoms with Crippen molar-refractivity contribution < 1.29 is 18.7 Å². The molecule has 6 rings (SSSR count). The van der Waals surface area contributed by atoms with Crippen LogP contribution in [-0.2, 0) is 9.47 Å². The maximum Gasteiger partial charge on any atom is 0.251 e. The lowest BCUT2D eigenvalue weighted by Gasteiger charge is -2.36. The molecule has 10 heteroatoms. The lowest BCUT2D eigenvalue weighted by Crippen LogP contribution is -2.45. The molecular weight excluding hydrogens is 511 g/mol. The molecule has 4 heterocycles. The molecule has 2 aliphatic rings. The van der Waals surface area contributed by atoms with Gasteiger partial charge in [-0.25, -0.2) is 19.3 Å². The average Bonchev–Trinajstić information content (AvgIpc) is 3.69. The molecule has 0 atom stereocenters. The summed E-state index contributed by atoms with van der Waals surface area (Å²) < 4.78 is 25.9. The van der Waals surface area contributed by atoms with Crippen LogP contribution in [0.3, 0.4) is 0 Å². The number of ether oxygens (including phenoxy) is 2. The Morgan fingerprint density at radius 3 is 2.50 bits per heavy atom. The van der Waals surface area contributed by atoms with Crippen LogP contribution in [0.1, 0.15) is 42.2 Å². The summed E-state index contributed by atoms with van der Waals surface area (Å²) in [6, 6.07) is 17.1. The van der Waals surface area contributed by atoms with Crippen LogP contribution in [0.2, 0.25) is 0 Å². The molecule has 0 saturated carbocycles. The Bertz CT molecular complexity index is 1460. The van der Waals surface area contributed by atoms with Crippen LogP contribution in [0, 0.1) is 11.2 Å². The Labute approximate surface area is 231 Å². The van der Waals surface area contributed by atoms with E-state index < -0.39 is 11.7 Å². The molecule has 0 aliphatic carbocycles. The lowest BCUT2D eigenvalue weighted by atomic mass is 9.92. The van der Waals surface area contributed by atoms with Crippen molar-refractivity contribution in [2.24, 2.45) is 5.41 Å². The first kappa shape index (κ1) is 26.1. The SMILES string of the molecule is CC1(CNC(=O)c2ccccc2)COC(c2nc(-c3ccc(F)cc3)c(-c3ccnc(N4CCCC4)n3)[nH]2)OC1. The van der Waals surface area contributed by atoms with Crippen LogP contribution >= 0.6 is 0 Å². The minimum absolute atomic E-state index is 0.137. The molecule has 0 bridgehead atoms. The minimum Gasteiger partial charge on any atom is -0.351 e. The largest absolute Gasteiger partial charge is 0.351 e. The van der Waals surface area contributed by atoms with Crippen LogP contribution < -0.4 is 10.2 Å². The van der Waals surface area contributed by atoms with Crippen molar-refractivity contribution in [1.82, 2.24) is 25.3 Å². The van der Waals surface area contributed by atoms with E-state index in [4.69, 9.17) is 19.4 Å². The first-order chi connectivity index (χ1) is 19.5. The molecule has 2 aliphatic heterocycles. The van der Waals surface area contributed by atoms with Crippen molar-refractivity contribution >= 4 is 11.9 Å². The zero-order valence-electron chi connectivity index (χ0n) is 22.3. The number of nitrogens with zero attached hydrogens (tertiary/aromatic N) is 4. The van der Waals surface area contributed by atoms with Crippen molar-refractivity contribution in [3.05, 3.63) is 84.1 Å². The number of benzene rings is 2. The number of hydrogen-bond donors (Lipinski definition) is 2. The van der Waals surface area contributed by atoms with Gasteiger partial charge in [0.2, 0.25) is 12.2 Å². The number of halogens is 1. The number of aromatic amines is 1. The molecule has 4 aromatic rings. The zero-order chi connectivity index (χ0) is 27.5. The Balaban J connectivity index is 1.21. The Morgan fingerprint density at radius 1 is 1.05 bits per heavy atom. The number of carbonyl (C=O) groups is 1. The van der Waals surface area contributed by atoms with Gasteiger partial charge >= 0.3 is 0 Å². The maximum absolute atomic E-state index is 13.7. The predicted molar refractivity (Wildman–Crippen MR) is 148 cm³/mol. The second-order valence-electron chi connectivity index (χ2n) is 10.6. The Kier molecular flexibility index (Phi) is 7.27. The van der Waals surface area contributed by atoms with Crippen molar-refractivity contribution in [1.29, 1.82) is 0 Å². The summed E-state index contributed by atoms with van der Waals surface area (Å²) in [4.78, 5) is 32.2. The topological polar surface area (TPSA) is 105 Å². The number of nitrogens with one attached hydrogen (secondary N) is 2. The van der Waals surface area contributed by atoms with Crippen LogP contribution in [-0.4, -0.2) is 58.7 Å². The highest BCUT2D eigenvalue weighted by Crippen LogP contribution is 2.35. The van der Waals surface area contributed by atoms with Crippen molar-refractivity contribution in [2.75, 3.05) is 37.7 Å². The first-order valence-electron chi connectivity index (χ1n) is 13.5. The minimum atomic E-state index is -0.731. The van der Waals surface area contributed by atoms with Crippen LogP contribution in [0.5, 0.6) is 0 Å². The molecule has 2 fully saturated rings. The van der Waals surface area contributed by atoms with Crippen LogP contribution in [0.15, 0.2) is 66.9 Å². The quantitative estimate of drug-likeness (QED) is 0.347. The number of amides is 1. The Hall–Kier alpha value is -4.15. The van der Waals surface area contributed by atoms with Gasteiger partial charge in [-0.15, -0.1) is 0 Å². The summed E-state index contributed by atoms with van der Waals surface area (Å²) in [5.41, 5.74) is 2.92. The van der Waals surface area contributed by atoms with Gasteiger partial charge in [0, 0.05) is 42.4 Å². The summed E-state index contributed by atoms with van der Waals surface area (Å²) in [5.74, 6) is 0.708. The van der Waals surface area contributed by atoms with Gasteiger partial charge in [0.05, 0.1) is 30.3 Å². The van der Waals surface area contributed by atoms with Crippen LogP contribution in [0.4, 0.5) is 10.3 Å². The van der Waals surface area contributed by atoms with Gasteiger partial charge in [-0.05, 0) is 55.3 Å². The first-order valence-corrected chi connectivity index (χ1v) is 13.5. The van der Waals surface area contributed by atoms with E-state index in [1.807, 2.05) is 31.2 Å². The number of anilines is 1. The summed E-state index contributed by atoms with van der Waals surface area (Å²) in [6.45, 7) is 4.99. The van der Waals surface area contributed by atoms with Crippen molar-refractivity contribution in [3.63, 3.8) is 0 Å². The van der Waals surface area contributed by atoms with Crippen molar-refractivity contribution in [3.8, 4) is 22.6 Å². The third-order valence-corrected chi connectivity index (χ3v) is 7.23. The number of aromatic nitrogens is 4. The number of hydrogen-bond acceptors (Lipinski definition) is 7. The van der Waals surface area contributed by atoms with Gasteiger partial charge in [-0.1, -0.05) is 25.1 Å². The van der Waals surface area contributed by atoms with E-state index in [1.54, 1.807) is 30.5 Å². The standard InChI is InChI=1S/C30H31FN6O3/c1-30(17-33-27(38)21-7-3-2-4-8-21)18-39-28(40-19-30)26-35-24(20-9-11-22(31)12-10-20)25(36-26)23-13-14-32-29(34-23)37-15-5-6-16-37/h2-4,7-14,28H,5-6,15-19H2,1H3,(H,33,38)(H,35,36). The molecule has 2 aromatic carbocycles. The van der Waals surface area contributed by atoms with Gasteiger partial charge in [-0.3, -0.25) is 4.79 Å². The molecule has 40 heavy (non-hydrogen) atoms. The van der Waals surface area contributed by atoms with E-state index in [9.17, 15) is 9.18 Å².